The van der Waals surface area contributed by atoms with Gasteiger partial charge in [-0.25, -0.2) is 0 Å². The third-order valence-electron chi connectivity index (χ3n) is 2.88. The molecule has 66 valence electrons. The van der Waals surface area contributed by atoms with E-state index in [4.69, 9.17) is 0 Å². The zero-order chi connectivity index (χ0) is 8.43. The van der Waals surface area contributed by atoms with Crippen molar-refractivity contribution in [2.75, 3.05) is 0 Å². The van der Waals surface area contributed by atoms with Gasteiger partial charge < -0.3 is 10.2 Å². The Morgan fingerprint density at radius 1 is 1.36 bits per heavy atom. The van der Waals surface area contributed by atoms with Crippen molar-refractivity contribution in [2.24, 2.45) is 11.8 Å². The van der Waals surface area contributed by atoms with Crippen LogP contribution in [0, 0.1) is 11.8 Å². The maximum Gasteiger partial charge on any atom is 0.0569 e. The second kappa shape index (κ2) is 3.55. The minimum atomic E-state index is -0.253. The molecule has 0 amide bonds. The summed E-state index contributed by atoms with van der Waals surface area (Å²) in [4.78, 5) is 0. The number of aliphatic hydroxyl groups is 2. The van der Waals surface area contributed by atoms with E-state index in [2.05, 4.69) is 6.92 Å². The topological polar surface area (TPSA) is 40.5 Å². The summed E-state index contributed by atoms with van der Waals surface area (Å²) in [6.45, 7) is 3.89. The summed E-state index contributed by atoms with van der Waals surface area (Å²) in [5.41, 5.74) is 0. The monoisotopic (exact) mass is 158 g/mol. The van der Waals surface area contributed by atoms with Crippen molar-refractivity contribution in [2.45, 2.75) is 45.3 Å². The molecule has 1 fully saturated rings. The van der Waals surface area contributed by atoms with E-state index >= 15 is 0 Å². The lowest BCUT2D eigenvalue weighted by atomic mass is 9.79. The van der Waals surface area contributed by atoms with Gasteiger partial charge in [0.2, 0.25) is 0 Å². The first-order valence-electron chi connectivity index (χ1n) is 4.47. The molecule has 1 aliphatic rings. The maximum atomic E-state index is 9.49. The molecule has 0 aromatic carbocycles. The highest BCUT2D eigenvalue weighted by Crippen LogP contribution is 2.30. The van der Waals surface area contributed by atoms with Crippen molar-refractivity contribution in [1.82, 2.24) is 0 Å². The lowest BCUT2D eigenvalue weighted by Crippen LogP contribution is -2.32. The molecular formula is C9H18O2. The molecule has 0 heterocycles. The van der Waals surface area contributed by atoms with Crippen molar-refractivity contribution >= 4 is 0 Å². The van der Waals surface area contributed by atoms with Crippen LogP contribution in [0.5, 0.6) is 0 Å². The molecule has 0 saturated heterocycles. The van der Waals surface area contributed by atoms with Crippen LogP contribution in [0.2, 0.25) is 0 Å². The van der Waals surface area contributed by atoms with Crippen LogP contribution in [-0.2, 0) is 0 Å². The zero-order valence-corrected chi connectivity index (χ0v) is 7.33. The van der Waals surface area contributed by atoms with Gasteiger partial charge in [0.25, 0.3) is 0 Å². The predicted molar refractivity (Wildman–Crippen MR) is 44.2 cm³/mol. The maximum absolute atomic E-state index is 9.49. The molecular weight excluding hydrogens is 140 g/mol. The lowest BCUT2D eigenvalue weighted by Gasteiger charge is -2.32. The SMILES string of the molecule is CC(O)C1CCC(C)C(O)C1. The van der Waals surface area contributed by atoms with Crippen molar-refractivity contribution in [3.05, 3.63) is 0 Å². The summed E-state index contributed by atoms with van der Waals surface area (Å²) < 4.78 is 0. The van der Waals surface area contributed by atoms with Gasteiger partial charge in [0.15, 0.2) is 0 Å². The van der Waals surface area contributed by atoms with Crippen molar-refractivity contribution in [3.63, 3.8) is 0 Å². The van der Waals surface area contributed by atoms with Gasteiger partial charge in [-0.2, -0.15) is 0 Å². The number of rotatable bonds is 1. The summed E-state index contributed by atoms with van der Waals surface area (Å²) >= 11 is 0. The molecule has 11 heavy (non-hydrogen) atoms. The fraction of sp³-hybridized carbons (Fsp3) is 1.00. The Morgan fingerprint density at radius 3 is 2.45 bits per heavy atom. The molecule has 0 spiro atoms. The third kappa shape index (κ3) is 2.17. The Kier molecular flexibility index (Phi) is 2.90. The standard InChI is InChI=1S/C9H18O2/c1-6-3-4-8(7(2)10)5-9(6)11/h6-11H,3-5H2,1-2H3. The van der Waals surface area contributed by atoms with Crippen LogP contribution in [0.4, 0.5) is 0 Å². The van der Waals surface area contributed by atoms with E-state index in [1.54, 1.807) is 0 Å². The highest BCUT2D eigenvalue weighted by molar-refractivity contribution is 4.79. The molecule has 2 N–H and O–H groups in total. The summed E-state index contributed by atoms with van der Waals surface area (Å²) in [6, 6.07) is 0. The fourth-order valence-electron chi connectivity index (χ4n) is 1.77. The minimum Gasteiger partial charge on any atom is -0.393 e. The van der Waals surface area contributed by atoms with E-state index in [-0.39, 0.29) is 12.2 Å². The van der Waals surface area contributed by atoms with Crippen LogP contribution in [0.3, 0.4) is 0 Å². The molecule has 1 aliphatic carbocycles. The van der Waals surface area contributed by atoms with Crippen molar-refractivity contribution in [3.8, 4) is 0 Å². The third-order valence-corrected chi connectivity index (χ3v) is 2.88. The van der Waals surface area contributed by atoms with Crippen LogP contribution < -0.4 is 0 Å². The largest absolute Gasteiger partial charge is 0.393 e. The highest BCUT2D eigenvalue weighted by Gasteiger charge is 2.28. The molecule has 2 heteroatoms. The molecule has 1 rings (SSSR count). The van der Waals surface area contributed by atoms with Gasteiger partial charge in [0.05, 0.1) is 12.2 Å². The summed E-state index contributed by atoms with van der Waals surface area (Å²) in [5.74, 6) is 0.742. The first-order valence-corrected chi connectivity index (χ1v) is 4.47. The zero-order valence-electron chi connectivity index (χ0n) is 7.33. The molecule has 0 radical (unpaired) electrons. The molecule has 0 aliphatic heterocycles. The average molecular weight is 158 g/mol. The Hall–Kier alpha value is -0.0800. The van der Waals surface area contributed by atoms with Gasteiger partial charge in [-0.3, -0.25) is 0 Å². The second-order valence-electron chi connectivity index (χ2n) is 3.86. The molecule has 4 unspecified atom stereocenters. The van der Waals surface area contributed by atoms with E-state index in [1.807, 2.05) is 6.92 Å². The number of hydrogen-bond acceptors (Lipinski definition) is 2. The number of aliphatic hydroxyl groups excluding tert-OH is 2. The average Bonchev–Trinajstić information content (AvgIpc) is 1.94. The van der Waals surface area contributed by atoms with Crippen LogP contribution in [-0.4, -0.2) is 22.4 Å². The smallest absolute Gasteiger partial charge is 0.0569 e. The van der Waals surface area contributed by atoms with Gasteiger partial charge >= 0.3 is 0 Å². The van der Waals surface area contributed by atoms with E-state index < -0.39 is 0 Å². The van der Waals surface area contributed by atoms with Gasteiger partial charge in [-0.1, -0.05) is 6.92 Å². The second-order valence-corrected chi connectivity index (χ2v) is 3.86. The first-order chi connectivity index (χ1) is 5.11. The normalized spacial score (nSPS) is 42.0. The predicted octanol–water partition coefficient (Wildman–Crippen LogP) is 1.16. The Labute approximate surface area is 68.2 Å². The van der Waals surface area contributed by atoms with Crippen molar-refractivity contribution < 1.29 is 10.2 Å². The first kappa shape index (κ1) is 9.01. The van der Waals surface area contributed by atoms with E-state index in [1.165, 1.54) is 0 Å². The summed E-state index contributed by atoms with van der Waals surface area (Å²) in [6.07, 6.45) is 2.45. The van der Waals surface area contributed by atoms with Crippen LogP contribution in [0.1, 0.15) is 33.1 Å². The van der Waals surface area contributed by atoms with Crippen LogP contribution >= 0.6 is 0 Å². The van der Waals surface area contributed by atoms with Gasteiger partial charge in [-0.15, -0.1) is 0 Å². The van der Waals surface area contributed by atoms with E-state index in [0.717, 1.165) is 19.3 Å². The quantitative estimate of drug-likeness (QED) is 0.601. The van der Waals surface area contributed by atoms with Gasteiger partial charge in [0, 0.05) is 0 Å². The Morgan fingerprint density at radius 2 is 2.00 bits per heavy atom. The minimum absolute atomic E-state index is 0.191. The molecule has 0 aromatic heterocycles. The van der Waals surface area contributed by atoms with Crippen LogP contribution in [0.25, 0.3) is 0 Å². The van der Waals surface area contributed by atoms with E-state index in [9.17, 15) is 10.2 Å². The molecule has 2 nitrogen and oxygen atoms in total. The van der Waals surface area contributed by atoms with Gasteiger partial charge in [-0.05, 0) is 38.0 Å². The van der Waals surface area contributed by atoms with Crippen molar-refractivity contribution in [1.29, 1.82) is 0 Å². The van der Waals surface area contributed by atoms with E-state index in [0.29, 0.717) is 11.8 Å². The Bertz CT molecular complexity index is 123. The molecule has 4 atom stereocenters. The number of hydrogen-bond donors (Lipinski definition) is 2. The Balaban J connectivity index is 2.40. The van der Waals surface area contributed by atoms with Crippen LogP contribution in [0.15, 0.2) is 0 Å². The highest BCUT2D eigenvalue weighted by atomic mass is 16.3. The summed E-state index contributed by atoms with van der Waals surface area (Å²) in [5, 5.41) is 18.8. The molecule has 0 bridgehead atoms. The molecule has 1 saturated carbocycles. The summed E-state index contributed by atoms with van der Waals surface area (Å²) in [7, 11) is 0. The fourth-order valence-corrected chi connectivity index (χ4v) is 1.77. The molecule has 0 aromatic rings. The lowest BCUT2D eigenvalue weighted by molar-refractivity contribution is 0.00885. The van der Waals surface area contributed by atoms with Gasteiger partial charge in [0.1, 0.15) is 0 Å².